The molecule has 3 aromatic carbocycles. The summed E-state index contributed by atoms with van der Waals surface area (Å²) in [6.07, 6.45) is 2.92. The minimum absolute atomic E-state index is 0.0221. The molecule has 1 N–H and O–H groups in total. The number of rotatable bonds is 7. The Balaban J connectivity index is 1.86. The molecule has 0 aliphatic rings. The van der Waals surface area contributed by atoms with Gasteiger partial charge in [0.2, 0.25) is 0 Å². The Hall–Kier alpha value is -3.73. The predicted molar refractivity (Wildman–Crippen MR) is 127 cm³/mol. The zero-order valence-electron chi connectivity index (χ0n) is 18.6. The van der Waals surface area contributed by atoms with E-state index in [0.29, 0.717) is 11.1 Å². The number of carbonyl (C=O) groups is 2. The molecule has 162 valence electrons. The lowest BCUT2D eigenvalue weighted by Crippen LogP contribution is -2.03. The van der Waals surface area contributed by atoms with Gasteiger partial charge in [-0.1, -0.05) is 37.6 Å². The lowest BCUT2D eigenvalue weighted by Gasteiger charge is -2.14. The Kier molecular flexibility index (Phi) is 5.91. The smallest absolute Gasteiger partial charge is 0.336 e. The molecule has 1 heterocycles. The van der Waals surface area contributed by atoms with Crippen LogP contribution in [0.2, 0.25) is 0 Å². The number of imidazole rings is 1. The second kappa shape index (κ2) is 8.79. The Bertz CT molecular complexity index is 1330. The highest BCUT2D eigenvalue weighted by atomic mass is 16.4. The number of fused-ring (bicyclic) bond motifs is 1. The Labute approximate surface area is 187 Å². The van der Waals surface area contributed by atoms with E-state index in [9.17, 15) is 14.7 Å². The van der Waals surface area contributed by atoms with E-state index >= 15 is 0 Å². The van der Waals surface area contributed by atoms with Gasteiger partial charge in [0.15, 0.2) is 5.78 Å². The molecule has 0 spiro atoms. The largest absolute Gasteiger partial charge is 0.478 e. The Morgan fingerprint density at radius 2 is 1.78 bits per heavy atom. The molecule has 0 unspecified atom stereocenters. The van der Waals surface area contributed by atoms with E-state index < -0.39 is 5.97 Å². The molecule has 0 radical (unpaired) electrons. The number of benzene rings is 3. The standard InChI is InChI=1S/C27H26N2O3/c1-4-5-10-26-28-24-16-19(18(3)30)11-14-25(24)29(26)20-12-13-21(17(2)15-20)22-8-6-7-9-23(22)27(31)32/h6-9,11-16H,4-5,10H2,1-3H3,(H,31,32). The van der Waals surface area contributed by atoms with E-state index in [4.69, 9.17) is 4.98 Å². The van der Waals surface area contributed by atoms with Crippen molar-refractivity contribution >= 4 is 22.8 Å². The summed E-state index contributed by atoms with van der Waals surface area (Å²) in [5.41, 5.74) is 6.27. The fourth-order valence-corrected chi connectivity index (χ4v) is 4.13. The lowest BCUT2D eigenvalue weighted by atomic mass is 9.95. The van der Waals surface area contributed by atoms with Gasteiger partial charge >= 0.3 is 5.97 Å². The minimum Gasteiger partial charge on any atom is -0.478 e. The van der Waals surface area contributed by atoms with Crippen molar-refractivity contribution in [1.82, 2.24) is 9.55 Å². The van der Waals surface area contributed by atoms with Crippen molar-refractivity contribution < 1.29 is 14.7 Å². The number of hydrogen-bond donors (Lipinski definition) is 1. The van der Waals surface area contributed by atoms with E-state index in [2.05, 4.69) is 17.6 Å². The molecule has 0 aliphatic heterocycles. The van der Waals surface area contributed by atoms with Crippen LogP contribution in [0.5, 0.6) is 0 Å². The maximum absolute atomic E-state index is 11.8. The highest BCUT2D eigenvalue weighted by Crippen LogP contribution is 2.31. The molecule has 32 heavy (non-hydrogen) atoms. The van der Waals surface area contributed by atoms with Crippen molar-refractivity contribution in [3.05, 3.63) is 83.2 Å². The molecular formula is C27H26N2O3. The maximum atomic E-state index is 11.8. The molecule has 4 aromatic rings. The highest BCUT2D eigenvalue weighted by molar-refractivity contribution is 5.98. The van der Waals surface area contributed by atoms with Gasteiger partial charge in [-0.25, -0.2) is 9.78 Å². The van der Waals surface area contributed by atoms with E-state index in [-0.39, 0.29) is 11.3 Å². The third kappa shape index (κ3) is 3.94. The van der Waals surface area contributed by atoms with Gasteiger partial charge < -0.3 is 5.11 Å². The van der Waals surface area contributed by atoms with Crippen LogP contribution < -0.4 is 0 Å². The minimum atomic E-state index is -0.937. The second-order valence-electron chi connectivity index (χ2n) is 8.08. The van der Waals surface area contributed by atoms with Gasteiger partial charge in [-0.3, -0.25) is 9.36 Å². The van der Waals surface area contributed by atoms with Gasteiger partial charge in [0.25, 0.3) is 0 Å². The zero-order valence-corrected chi connectivity index (χ0v) is 18.6. The third-order valence-electron chi connectivity index (χ3n) is 5.80. The molecule has 1 aromatic heterocycles. The molecule has 0 amide bonds. The summed E-state index contributed by atoms with van der Waals surface area (Å²) in [7, 11) is 0. The number of aromatic nitrogens is 2. The van der Waals surface area contributed by atoms with Gasteiger partial charge in [0.1, 0.15) is 5.82 Å². The monoisotopic (exact) mass is 426 g/mol. The predicted octanol–water partition coefficient (Wildman–Crippen LogP) is 6.24. The summed E-state index contributed by atoms with van der Waals surface area (Å²) in [6, 6.07) is 18.8. The van der Waals surface area contributed by atoms with E-state index in [1.165, 1.54) is 0 Å². The average molecular weight is 427 g/mol. The number of aryl methyl sites for hydroxylation is 2. The number of hydrogen-bond acceptors (Lipinski definition) is 3. The van der Waals surface area contributed by atoms with Gasteiger partial charge in [-0.15, -0.1) is 0 Å². The quantitative estimate of drug-likeness (QED) is 0.355. The first-order chi connectivity index (χ1) is 15.4. The van der Waals surface area contributed by atoms with E-state index in [1.807, 2.05) is 49.4 Å². The molecule has 4 rings (SSSR count). The summed E-state index contributed by atoms with van der Waals surface area (Å²) in [5, 5.41) is 9.58. The first-order valence-corrected chi connectivity index (χ1v) is 10.9. The van der Waals surface area contributed by atoms with Crippen molar-refractivity contribution in [2.75, 3.05) is 0 Å². The molecule has 0 aliphatic carbocycles. The Morgan fingerprint density at radius 3 is 2.47 bits per heavy atom. The number of carboxylic acid groups (broad SMARTS) is 1. The number of carbonyl (C=O) groups excluding carboxylic acids is 1. The molecular weight excluding hydrogens is 400 g/mol. The molecule has 0 fully saturated rings. The maximum Gasteiger partial charge on any atom is 0.336 e. The van der Waals surface area contributed by atoms with Crippen LogP contribution in [0.15, 0.2) is 60.7 Å². The fourth-order valence-electron chi connectivity index (χ4n) is 4.13. The molecule has 5 heteroatoms. The second-order valence-corrected chi connectivity index (χ2v) is 8.08. The number of carboxylic acids is 1. The summed E-state index contributed by atoms with van der Waals surface area (Å²) in [6.45, 7) is 5.71. The van der Waals surface area contributed by atoms with Crippen molar-refractivity contribution in [3.63, 3.8) is 0 Å². The van der Waals surface area contributed by atoms with Crippen molar-refractivity contribution in [2.24, 2.45) is 0 Å². The highest BCUT2D eigenvalue weighted by Gasteiger charge is 2.17. The van der Waals surface area contributed by atoms with Crippen LogP contribution in [0, 0.1) is 6.92 Å². The summed E-state index contributed by atoms with van der Waals surface area (Å²) in [5.74, 6) is 0.0438. The number of ketones is 1. The number of aromatic carboxylic acids is 1. The first-order valence-electron chi connectivity index (χ1n) is 10.9. The number of unbranched alkanes of at least 4 members (excludes halogenated alkanes) is 1. The lowest BCUT2D eigenvalue weighted by molar-refractivity contribution is 0.0697. The molecule has 0 saturated heterocycles. The van der Waals surface area contributed by atoms with Crippen molar-refractivity contribution in [2.45, 2.75) is 40.0 Å². The third-order valence-corrected chi connectivity index (χ3v) is 5.80. The number of nitrogens with zero attached hydrogens (tertiary/aromatic N) is 2. The van der Waals surface area contributed by atoms with Crippen LogP contribution in [-0.4, -0.2) is 26.4 Å². The van der Waals surface area contributed by atoms with Gasteiger partial charge in [0, 0.05) is 17.7 Å². The van der Waals surface area contributed by atoms with E-state index in [1.54, 1.807) is 19.1 Å². The van der Waals surface area contributed by atoms with E-state index in [0.717, 1.165) is 52.9 Å². The topological polar surface area (TPSA) is 72.2 Å². The van der Waals surface area contributed by atoms with Crippen LogP contribution >= 0.6 is 0 Å². The first kappa shape index (κ1) is 21.5. The van der Waals surface area contributed by atoms with Crippen LogP contribution in [-0.2, 0) is 6.42 Å². The summed E-state index contributed by atoms with van der Waals surface area (Å²) in [4.78, 5) is 28.4. The van der Waals surface area contributed by atoms with Crippen molar-refractivity contribution in [1.29, 1.82) is 0 Å². The van der Waals surface area contributed by atoms with Gasteiger partial charge in [-0.05, 0) is 73.4 Å². The molecule has 0 bridgehead atoms. The van der Waals surface area contributed by atoms with Crippen LogP contribution in [0.25, 0.3) is 27.8 Å². The SMILES string of the molecule is CCCCc1nc2cc(C(C)=O)ccc2n1-c1ccc(-c2ccccc2C(=O)O)c(C)c1. The van der Waals surface area contributed by atoms with Crippen LogP contribution in [0.3, 0.4) is 0 Å². The molecule has 0 saturated carbocycles. The van der Waals surface area contributed by atoms with Gasteiger partial charge in [0.05, 0.1) is 16.6 Å². The normalized spacial score (nSPS) is 11.1. The zero-order chi connectivity index (χ0) is 22.8. The molecule has 5 nitrogen and oxygen atoms in total. The summed E-state index contributed by atoms with van der Waals surface area (Å²) < 4.78 is 2.15. The fraction of sp³-hybridized carbons (Fsp3) is 0.222. The Morgan fingerprint density at radius 1 is 1.00 bits per heavy atom. The summed E-state index contributed by atoms with van der Waals surface area (Å²) >= 11 is 0. The average Bonchev–Trinajstić information content (AvgIpc) is 3.15. The van der Waals surface area contributed by atoms with Crippen LogP contribution in [0.4, 0.5) is 0 Å². The van der Waals surface area contributed by atoms with Gasteiger partial charge in [-0.2, -0.15) is 0 Å². The van der Waals surface area contributed by atoms with Crippen molar-refractivity contribution in [3.8, 4) is 16.8 Å². The van der Waals surface area contributed by atoms with Crippen LogP contribution in [0.1, 0.15) is 58.8 Å². The molecule has 0 atom stereocenters. The number of Topliss-reactive ketones (excluding diaryl/α,β-unsaturated/α-hetero) is 1.